The van der Waals surface area contributed by atoms with E-state index in [4.69, 9.17) is 0 Å². The molecule has 26 heavy (non-hydrogen) atoms. The molecule has 0 saturated heterocycles. The van der Waals surface area contributed by atoms with Gasteiger partial charge in [0, 0.05) is 11.4 Å². The Labute approximate surface area is 155 Å². The number of benzene rings is 2. The third kappa shape index (κ3) is 3.77. The van der Waals surface area contributed by atoms with Crippen LogP contribution in [0.5, 0.6) is 0 Å². The lowest BCUT2D eigenvalue weighted by atomic mass is 10.2. The smallest absolute Gasteiger partial charge is 0.274 e. The van der Waals surface area contributed by atoms with Crippen molar-refractivity contribution in [3.63, 3.8) is 0 Å². The van der Waals surface area contributed by atoms with Gasteiger partial charge in [0.1, 0.15) is 5.82 Å². The molecular formula is C19H19FN4OS. The molecule has 0 atom stereocenters. The van der Waals surface area contributed by atoms with E-state index in [-0.39, 0.29) is 17.4 Å². The summed E-state index contributed by atoms with van der Waals surface area (Å²) in [5, 5.41) is 10.8. The van der Waals surface area contributed by atoms with Crippen LogP contribution in [-0.4, -0.2) is 27.2 Å². The second-order valence-corrected chi connectivity index (χ2v) is 6.78. The van der Waals surface area contributed by atoms with Gasteiger partial charge < -0.3 is 5.32 Å². The van der Waals surface area contributed by atoms with Gasteiger partial charge in [-0.2, -0.15) is 0 Å². The van der Waals surface area contributed by atoms with Crippen molar-refractivity contribution in [2.45, 2.75) is 25.3 Å². The van der Waals surface area contributed by atoms with E-state index in [9.17, 15) is 9.18 Å². The number of rotatable bonds is 5. The number of thioether (sulfide) groups is 1. The fourth-order valence-electron chi connectivity index (χ4n) is 2.51. The molecule has 0 saturated carbocycles. The number of nitrogens with one attached hydrogen (secondary N) is 1. The third-order valence-electron chi connectivity index (χ3n) is 4.12. The van der Waals surface area contributed by atoms with E-state index in [1.165, 1.54) is 15.6 Å². The molecule has 3 rings (SSSR count). The highest BCUT2D eigenvalue weighted by atomic mass is 32.2. The van der Waals surface area contributed by atoms with Crippen LogP contribution in [0.1, 0.15) is 27.3 Å². The van der Waals surface area contributed by atoms with E-state index in [0.29, 0.717) is 23.5 Å². The Kier molecular flexibility index (Phi) is 5.37. The van der Waals surface area contributed by atoms with Crippen LogP contribution in [0.2, 0.25) is 0 Å². The molecule has 0 aliphatic rings. The highest BCUT2D eigenvalue weighted by Gasteiger charge is 2.17. The van der Waals surface area contributed by atoms with E-state index in [2.05, 4.69) is 15.6 Å². The molecule has 0 spiro atoms. The van der Waals surface area contributed by atoms with Crippen LogP contribution in [0.4, 0.5) is 4.39 Å². The maximum atomic E-state index is 13.8. The summed E-state index contributed by atoms with van der Waals surface area (Å²) in [6.07, 6.45) is 2.02. The first-order chi connectivity index (χ1) is 12.5. The maximum Gasteiger partial charge on any atom is 0.274 e. The number of aryl methyl sites for hydroxylation is 1. The van der Waals surface area contributed by atoms with Gasteiger partial charge >= 0.3 is 0 Å². The van der Waals surface area contributed by atoms with E-state index in [1.807, 2.05) is 30.5 Å². The monoisotopic (exact) mass is 370 g/mol. The molecule has 0 fully saturated rings. The van der Waals surface area contributed by atoms with Gasteiger partial charge in [-0.1, -0.05) is 23.4 Å². The minimum absolute atomic E-state index is 0.228. The fraction of sp³-hybridized carbons (Fsp3) is 0.211. The van der Waals surface area contributed by atoms with Crippen LogP contribution < -0.4 is 5.32 Å². The van der Waals surface area contributed by atoms with Crippen molar-refractivity contribution in [1.82, 2.24) is 20.3 Å². The summed E-state index contributed by atoms with van der Waals surface area (Å²) in [5.41, 5.74) is 2.87. The molecule has 1 N–H and O–H groups in total. The Morgan fingerprint density at radius 2 is 1.92 bits per heavy atom. The number of carbonyl (C=O) groups is 1. The van der Waals surface area contributed by atoms with Gasteiger partial charge in [-0.3, -0.25) is 4.79 Å². The number of aromatic nitrogens is 3. The molecule has 7 heteroatoms. The van der Waals surface area contributed by atoms with Gasteiger partial charge in [0.25, 0.3) is 5.91 Å². The van der Waals surface area contributed by atoms with Gasteiger partial charge in [-0.25, -0.2) is 9.07 Å². The Morgan fingerprint density at radius 1 is 1.19 bits per heavy atom. The standard InChI is InChI=1S/C19H19FN4OS/c1-12-4-7-15(10-17(12)20)24-13(2)18(22-23-24)19(25)21-11-14-5-8-16(26-3)9-6-14/h4-10H,11H2,1-3H3,(H,21,25). The van der Waals surface area contributed by atoms with Crippen LogP contribution in [0.15, 0.2) is 47.4 Å². The number of nitrogens with zero attached hydrogens (tertiary/aromatic N) is 3. The summed E-state index contributed by atoms with van der Waals surface area (Å²) in [5.74, 6) is -0.632. The molecule has 1 heterocycles. The minimum Gasteiger partial charge on any atom is -0.347 e. The Bertz CT molecular complexity index is 937. The molecule has 2 aromatic carbocycles. The zero-order valence-electron chi connectivity index (χ0n) is 14.8. The summed E-state index contributed by atoms with van der Waals surface area (Å²) < 4.78 is 15.2. The molecule has 0 unspecified atom stereocenters. The van der Waals surface area contributed by atoms with Crippen LogP contribution in [0, 0.1) is 19.7 Å². The van der Waals surface area contributed by atoms with E-state index in [0.717, 1.165) is 5.56 Å². The quantitative estimate of drug-likeness (QED) is 0.696. The van der Waals surface area contributed by atoms with Crippen LogP contribution in [0.3, 0.4) is 0 Å². The Balaban J connectivity index is 1.73. The number of hydrogen-bond donors (Lipinski definition) is 1. The normalized spacial score (nSPS) is 10.8. The summed E-state index contributed by atoms with van der Waals surface area (Å²) in [6, 6.07) is 12.8. The zero-order valence-corrected chi connectivity index (χ0v) is 15.6. The predicted molar refractivity (Wildman–Crippen MR) is 100 cm³/mol. The second kappa shape index (κ2) is 7.70. The van der Waals surface area contributed by atoms with E-state index < -0.39 is 0 Å². The van der Waals surface area contributed by atoms with Crippen molar-refractivity contribution in [3.05, 3.63) is 70.8 Å². The summed E-state index contributed by atoms with van der Waals surface area (Å²) in [4.78, 5) is 13.6. The summed E-state index contributed by atoms with van der Waals surface area (Å²) >= 11 is 1.67. The lowest BCUT2D eigenvalue weighted by Crippen LogP contribution is -2.24. The average molecular weight is 370 g/mol. The van der Waals surface area contributed by atoms with Gasteiger partial charge in [0.05, 0.1) is 11.4 Å². The molecule has 0 aliphatic carbocycles. The van der Waals surface area contributed by atoms with Gasteiger partial charge in [-0.05, 0) is 55.5 Å². The van der Waals surface area contributed by atoms with Gasteiger partial charge in [0.15, 0.2) is 5.69 Å². The molecule has 0 radical (unpaired) electrons. The lowest BCUT2D eigenvalue weighted by Gasteiger charge is -2.06. The van der Waals surface area contributed by atoms with Crippen LogP contribution in [-0.2, 0) is 6.54 Å². The summed E-state index contributed by atoms with van der Waals surface area (Å²) in [7, 11) is 0. The number of hydrogen-bond acceptors (Lipinski definition) is 4. The number of halogens is 1. The van der Waals surface area contributed by atoms with Crippen molar-refractivity contribution < 1.29 is 9.18 Å². The lowest BCUT2D eigenvalue weighted by molar-refractivity contribution is 0.0945. The molecule has 1 amide bonds. The first-order valence-corrected chi connectivity index (χ1v) is 9.32. The predicted octanol–water partition coefficient (Wildman–Crippen LogP) is 3.68. The van der Waals surface area contributed by atoms with Gasteiger partial charge in [0.2, 0.25) is 0 Å². The zero-order chi connectivity index (χ0) is 18.7. The molecule has 3 aromatic rings. The Hall–Kier alpha value is -2.67. The van der Waals surface area contributed by atoms with E-state index >= 15 is 0 Å². The molecule has 0 bridgehead atoms. The molecule has 0 aliphatic heterocycles. The first kappa shape index (κ1) is 18.1. The topological polar surface area (TPSA) is 59.8 Å². The number of carbonyl (C=O) groups excluding carboxylic acids is 1. The first-order valence-electron chi connectivity index (χ1n) is 8.09. The van der Waals surface area contributed by atoms with Gasteiger partial charge in [-0.15, -0.1) is 16.9 Å². The Morgan fingerprint density at radius 3 is 2.58 bits per heavy atom. The fourth-order valence-corrected chi connectivity index (χ4v) is 2.92. The molecule has 134 valence electrons. The van der Waals surface area contributed by atoms with Crippen molar-refractivity contribution in [2.24, 2.45) is 0 Å². The van der Waals surface area contributed by atoms with Crippen LogP contribution in [0.25, 0.3) is 5.69 Å². The highest BCUT2D eigenvalue weighted by molar-refractivity contribution is 7.98. The van der Waals surface area contributed by atoms with Crippen molar-refractivity contribution >= 4 is 17.7 Å². The van der Waals surface area contributed by atoms with E-state index in [1.54, 1.807) is 37.7 Å². The highest BCUT2D eigenvalue weighted by Crippen LogP contribution is 2.17. The molecule has 1 aromatic heterocycles. The molecule has 5 nitrogen and oxygen atoms in total. The SMILES string of the molecule is CSc1ccc(CNC(=O)c2nnn(-c3ccc(C)c(F)c3)c2C)cc1. The summed E-state index contributed by atoms with van der Waals surface area (Å²) in [6.45, 7) is 3.83. The maximum absolute atomic E-state index is 13.8. The average Bonchev–Trinajstić information content (AvgIpc) is 3.04. The molecular weight excluding hydrogens is 351 g/mol. The third-order valence-corrected chi connectivity index (χ3v) is 4.87. The number of amides is 1. The minimum atomic E-state index is -0.322. The van der Waals surface area contributed by atoms with Crippen molar-refractivity contribution in [3.8, 4) is 5.69 Å². The van der Waals surface area contributed by atoms with Crippen molar-refractivity contribution in [2.75, 3.05) is 6.26 Å². The second-order valence-electron chi connectivity index (χ2n) is 5.90. The van der Waals surface area contributed by atoms with Crippen LogP contribution >= 0.6 is 11.8 Å². The largest absolute Gasteiger partial charge is 0.347 e. The van der Waals surface area contributed by atoms with Crippen molar-refractivity contribution in [1.29, 1.82) is 0 Å².